The van der Waals surface area contributed by atoms with Gasteiger partial charge in [0.05, 0.1) is 6.61 Å². The lowest BCUT2D eigenvalue weighted by Crippen LogP contribution is -2.61. The van der Waals surface area contributed by atoms with Crippen molar-refractivity contribution in [3.05, 3.63) is 0 Å². The summed E-state index contributed by atoms with van der Waals surface area (Å²) in [5, 5.41) is 9.98. The van der Waals surface area contributed by atoms with Gasteiger partial charge in [-0.3, -0.25) is 13.7 Å². The molecule has 15 nitrogen and oxygen atoms in total. The van der Waals surface area contributed by atoms with Gasteiger partial charge in [0.15, 0.2) is 12.4 Å². The lowest BCUT2D eigenvalue weighted by atomic mass is 9.99. The molecule has 18 heteroatoms. The molecule has 0 spiro atoms. The van der Waals surface area contributed by atoms with E-state index in [4.69, 9.17) is 18.4 Å². The van der Waals surface area contributed by atoms with Crippen molar-refractivity contribution in [3.8, 4) is 0 Å². The van der Waals surface area contributed by atoms with Gasteiger partial charge >= 0.3 is 31.2 Å². The topological polar surface area (TPSA) is 229 Å². The van der Waals surface area contributed by atoms with Crippen molar-refractivity contribution in [2.24, 2.45) is 0 Å². The quantitative estimate of drug-likeness (QED) is 0.277. The van der Waals surface area contributed by atoms with E-state index < -0.39 is 68.5 Å². The van der Waals surface area contributed by atoms with Crippen LogP contribution in [-0.4, -0.2) is 88.4 Å². The first-order valence-electron chi connectivity index (χ1n) is 5.92. The lowest BCUT2D eigenvalue weighted by molar-refractivity contribution is -0.283. The monoisotopic (exact) mass is 434 g/mol. The second kappa shape index (κ2) is 8.02. The van der Waals surface area contributed by atoms with E-state index in [2.05, 4.69) is 17.3 Å². The molecule has 1 heterocycles. The van der Waals surface area contributed by atoms with Crippen molar-refractivity contribution in [2.75, 3.05) is 13.7 Å². The Hall–Kier alpha value is -0.510. The van der Waals surface area contributed by atoms with E-state index in [1.54, 1.807) is 0 Å². The van der Waals surface area contributed by atoms with Gasteiger partial charge in [-0.1, -0.05) is 0 Å². The predicted molar refractivity (Wildman–Crippen MR) is 72.0 cm³/mol. The molecule has 0 saturated carbocycles. The molecule has 1 saturated heterocycles. The van der Waals surface area contributed by atoms with Crippen LogP contribution in [0.4, 0.5) is 0 Å². The second-order valence-electron chi connectivity index (χ2n) is 4.46. The van der Waals surface area contributed by atoms with Crippen molar-refractivity contribution >= 4 is 31.2 Å². The van der Waals surface area contributed by atoms with Gasteiger partial charge in [0, 0.05) is 7.11 Å². The fourth-order valence-electron chi connectivity index (χ4n) is 1.86. The highest BCUT2D eigenvalue weighted by Gasteiger charge is 2.51. The molecule has 1 fully saturated rings. The first-order chi connectivity index (χ1) is 11.1. The molecular weight excluding hydrogens is 420 g/mol. The van der Waals surface area contributed by atoms with E-state index in [-0.39, 0.29) is 0 Å². The Balaban J connectivity index is 3.17. The van der Waals surface area contributed by atoms with Gasteiger partial charge in [-0.25, -0.2) is 12.5 Å². The van der Waals surface area contributed by atoms with Gasteiger partial charge in [0.1, 0.15) is 18.3 Å². The van der Waals surface area contributed by atoms with Gasteiger partial charge in [0.25, 0.3) is 0 Å². The van der Waals surface area contributed by atoms with Gasteiger partial charge in [0.2, 0.25) is 0 Å². The highest BCUT2D eigenvalue weighted by molar-refractivity contribution is 7.81. The largest absolute Gasteiger partial charge is 0.397 e. The number of ether oxygens (including phenoxy) is 2. The zero-order valence-electron chi connectivity index (χ0n) is 12.1. The third-order valence-corrected chi connectivity index (χ3v) is 4.06. The van der Waals surface area contributed by atoms with E-state index in [0.29, 0.717) is 0 Å². The van der Waals surface area contributed by atoms with Crippen molar-refractivity contribution in [3.63, 3.8) is 0 Å². The summed E-state index contributed by atoms with van der Waals surface area (Å²) in [7, 11) is -14.6. The zero-order chi connectivity index (χ0) is 19.6. The normalized spacial score (nSPS) is 31.8. The first kappa shape index (κ1) is 22.5. The molecule has 0 bridgehead atoms. The highest BCUT2D eigenvalue weighted by atomic mass is 32.3. The summed E-state index contributed by atoms with van der Waals surface area (Å²) in [6.07, 6.45) is -10.2. The maximum atomic E-state index is 10.9. The Morgan fingerprint density at radius 3 is 1.76 bits per heavy atom. The van der Waals surface area contributed by atoms with Crippen LogP contribution in [0.5, 0.6) is 0 Å². The Morgan fingerprint density at radius 1 is 0.880 bits per heavy atom. The summed E-state index contributed by atoms with van der Waals surface area (Å²) in [4.78, 5) is 0. The third-order valence-electron chi connectivity index (χ3n) is 2.70. The zero-order valence-corrected chi connectivity index (χ0v) is 14.5. The minimum atomic E-state index is -5.28. The number of hydrogen-bond acceptors (Lipinski definition) is 12. The molecule has 0 unspecified atom stereocenters. The summed E-state index contributed by atoms with van der Waals surface area (Å²) in [5.41, 5.74) is 0. The van der Waals surface area contributed by atoms with Crippen LogP contribution in [0, 0.1) is 0 Å². The molecule has 25 heavy (non-hydrogen) atoms. The fourth-order valence-corrected chi connectivity index (χ4v) is 3.16. The lowest BCUT2D eigenvalue weighted by Gasteiger charge is -2.41. The van der Waals surface area contributed by atoms with Crippen LogP contribution in [-0.2, 0) is 53.2 Å². The summed E-state index contributed by atoms with van der Waals surface area (Å²) in [6, 6.07) is 0. The Kier molecular flexibility index (Phi) is 7.23. The van der Waals surface area contributed by atoms with Crippen LogP contribution >= 0.6 is 0 Å². The average molecular weight is 434 g/mol. The van der Waals surface area contributed by atoms with Gasteiger partial charge in [-0.2, -0.15) is 25.3 Å². The molecule has 0 aromatic rings. The third kappa shape index (κ3) is 7.72. The maximum Gasteiger partial charge on any atom is 0.397 e. The van der Waals surface area contributed by atoms with Gasteiger partial charge < -0.3 is 14.6 Å². The Morgan fingerprint density at radius 2 is 1.36 bits per heavy atom. The van der Waals surface area contributed by atoms with Crippen molar-refractivity contribution in [1.82, 2.24) is 0 Å². The number of rotatable bonds is 8. The van der Waals surface area contributed by atoms with Crippen LogP contribution < -0.4 is 0 Å². The molecule has 0 aromatic carbocycles. The van der Waals surface area contributed by atoms with Gasteiger partial charge in [-0.15, -0.1) is 0 Å². The van der Waals surface area contributed by atoms with Crippen molar-refractivity contribution < 1.29 is 66.0 Å². The molecule has 5 atom stereocenters. The Labute approximate surface area is 142 Å². The van der Waals surface area contributed by atoms with Crippen LogP contribution in [0.2, 0.25) is 0 Å². The smallest absolute Gasteiger partial charge is 0.387 e. The number of hydrogen-bond donors (Lipinski definition) is 4. The number of aliphatic hydroxyl groups is 1. The summed E-state index contributed by atoms with van der Waals surface area (Å²) < 4.78 is 112. The summed E-state index contributed by atoms with van der Waals surface area (Å²) in [5.74, 6) is 0. The van der Waals surface area contributed by atoms with E-state index in [0.717, 1.165) is 7.11 Å². The van der Waals surface area contributed by atoms with E-state index in [9.17, 15) is 30.4 Å². The molecule has 150 valence electrons. The molecule has 0 radical (unpaired) electrons. The molecule has 0 aliphatic carbocycles. The summed E-state index contributed by atoms with van der Waals surface area (Å²) in [6.45, 7) is -1.08. The molecule has 1 aliphatic heterocycles. The van der Waals surface area contributed by atoms with E-state index in [1.165, 1.54) is 0 Å². The molecule has 0 amide bonds. The summed E-state index contributed by atoms with van der Waals surface area (Å²) >= 11 is 0. The molecule has 4 N–H and O–H groups in total. The SMILES string of the molecule is CO[C@H]1O[C@H](COS(=O)(=O)O)[C@@H](O)[C@H](OS(=O)(=O)O)[C@H]1OS(=O)(=O)O. The minimum absolute atomic E-state index is 0.911. The average Bonchev–Trinajstić information content (AvgIpc) is 2.38. The standard InChI is InChI=1S/C7H14O15S3/c1-18-7-6(22-25(15,16)17)5(21-24(12,13)14)4(8)3(20-7)2-19-23(9,10)11/h3-8H,2H2,1H3,(H,9,10,11)(H,12,13,14)(H,15,16,17)/t3-,4-,5+,6-,7+/m1/s1. The Bertz CT molecular complexity index is 753. The van der Waals surface area contributed by atoms with E-state index >= 15 is 0 Å². The van der Waals surface area contributed by atoms with Crippen LogP contribution in [0.3, 0.4) is 0 Å². The second-order valence-corrected chi connectivity index (χ2v) is 7.65. The van der Waals surface area contributed by atoms with Crippen LogP contribution in [0.1, 0.15) is 0 Å². The van der Waals surface area contributed by atoms with Gasteiger partial charge in [-0.05, 0) is 0 Å². The highest BCUT2D eigenvalue weighted by Crippen LogP contribution is 2.28. The maximum absolute atomic E-state index is 10.9. The molecule has 1 rings (SSSR count). The van der Waals surface area contributed by atoms with Crippen molar-refractivity contribution in [1.29, 1.82) is 0 Å². The van der Waals surface area contributed by atoms with E-state index in [1.807, 2.05) is 0 Å². The molecule has 1 aliphatic rings. The first-order valence-corrected chi connectivity index (χ1v) is 10.0. The molecular formula is C7H14O15S3. The molecule has 0 aromatic heterocycles. The fraction of sp³-hybridized carbons (Fsp3) is 1.00. The van der Waals surface area contributed by atoms with Crippen LogP contribution in [0.25, 0.3) is 0 Å². The number of aliphatic hydroxyl groups excluding tert-OH is 1. The minimum Gasteiger partial charge on any atom is -0.387 e. The van der Waals surface area contributed by atoms with Crippen LogP contribution in [0.15, 0.2) is 0 Å². The predicted octanol–water partition coefficient (Wildman–Crippen LogP) is -3.09. The van der Waals surface area contributed by atoms with Crippen molar-refractivity contribution in [2.45, 2.75) is 30.7 Å². The number of methoxy groups -OCH3 is 1.